The summed E-state index contributed by atoms with van der Waals surface area (Å²) in [6.07, 6.45) is 0. The van der Waals surface area contributed by atoms with Crippen molar-refractivity contribution in [2.45, 2.75) is 26.7 Å². The largest absolute Gasteiger partial charge is 0.410 e. The second-order valence-electron chi connectivity index (χ2n) is 5.50. The van der Waals surface area contributed by atoms with Crippen LogP contribution in [0.15, 0.2) is 32.9 Å². The molecule has 0 atom stereocenters. The highest BCUT2D eigenvalue weighted by Crippen LogP contribution is 2.18. The number of nitrogens with one attached hydrogen (secondary N) is 2. The zero-order valence-electron chi connectivity index (χ0n) is 13.0. The van der Waals surface area contributed by atoms with Gasteiger partial charge in [0.15, 0.2) is 0 Å². The highest BCUT2D eigenvalue weighted by Gasteiger charge is 2.20. The fourth-order valence-corrected chi connectivity index (χ4v) is 2.47. The minimum Gasteiger partial charge on any atom is -0.410 e. The Morgan fingerprint density at radius 1 is 1.26 bits per heavy atom. The highest BCUT2D eigenvalue weighted by atomic mass is 16.4. The van der Waals surface area contributed by atoms with Crippen LogP contribution < -0.4 is 11.2 Å². The molecule has 2 rings (SSSR count). The number of hydrogen-bond donors (Lipinski definition) is 3. The quantitative estimate of drug-likeness (QED) is 0.452. The van der Waals surface area contributed by atoms with Gasteiger partial charge in [0, 0.05) is 11.1 Å². The minimum atomic E-state index is -0.691. The normalized spacial score (nSPS) is 11.5. The van der Waals surface area contributed by atoms with Gasteiger partial charge in [-0.15, -0.1) is 0 Å². The molecule has 0 saturated heterocycles. The molecule has 2 aromatic rings. The summed E-state index contributed by atoms with van der Waals surface area (Å²) in [5.74, 6) is -0.206. The molecule has 0 saturated carbocycles. The van der Waals surface area contributed by atoms with Crippen molar-refractivity contribution in [1.82, 2.24) is 9.97 Å². The number of benzene rings is 1. The van der Waals surface area contributed by atoms with Crippen LogP contribution in [0.25, 0.3) is 0 Å². The topological polar surface area (TPSA) is 122 Å². The summed E-state index contributed by atoms with van der Waals surface area (Å²) in [6.45, 7) is 5.37. The smallest absolute Gasteiger partial charge is 0.326 e. The lowest BCUT2D eigenvalue weighted by Gasteiger charge is -2.13. The van der Waals surface area contributed by atoms with Crippen LogP contribution in [0.4, 0.5) is 0 Å². The van der Waals surface area contributed by atoms with Gasteiger partial charge in [-0.25, -0.2) is 4.79 Å². The van der Waals surface area contributed by atoms with Crippen LogP contribution >= 0.6 is 0 Å². The van der Waals surface area contributed by atoms with E-state index in [0.717, 1.165) is 5.56 Å². The molecule has 0 aliphatic heterocycles. The highest BCUT2D eigenvalue weighted by molar-refractivity contribution is 6.12. The maximum absolute atomic E-state index is 12.1. The Balaban J connectivity index is 2.79. The molecule has 0 aliphatic carbocycles. The summed E-state index contributed by atoms with van der Waals surface area (Å²) in [5.41, 5.74) is 0.877. The van der Waals surface area contributed by atoms with E-state index in [4.69, 9.17) is 5.26 Å². The zero-order chi connectivity index (χ0) is 17.1. The number of oxime groups is 1. The molecule has 0 aliphatic rings. The van der Waals surface area contributed by atoms with Crippen LogP contribution in [0.1, 0.15) is 47.7 Å². The number of aromatic nitrogens is 2. The number of H-pyrrole nitrogens is 2. The summed E-state index contributed by atoms with van der Waals surface area (Å²) < 4.78 is 0. The Hall–Kier alpha value is -3.14. The van der Waals surface area contributed by atoms with E-state index in [0.29, 0.717) is 16.7 Å². The van der Waals surface area contributed by atoms with Crippen molar-refractivity contribution in [2.24, 2.45) is 5.16 Å². The molecule has 0 radical (unpaired) electrons. The predicted octanol–water partition coefficient (Wildman–Crippen LogP) is 1.59. The van der Waals surface area contributed by atoms with Gasteiger partial charge in [-0.05, 0) is 36.6 Å². The standard InChI is InChI=1S/C16H16N4O3/c1-8(2)12-14(18-16(22)19-15(12)21)13(20-23)11-5-9(3)4-10(6-11)7-17/h4-6,8,23H,1-3H3,(H2,18,19,21,22)/b20-13-. The van der Waals surface area contributed by atoms with Gasteiger partial charge < -0.3 is 10.2 Å². The molecule has 118 valence electrons. The molecule has 0 bridgehead atoms. The van der Waals surface area contributed by atoms with Crippen LogP contribution in [0, 0.1) is 18.3 Å². The Labute approximate surface area is 131 Å². The van der Waals surface area contributed by atoms with E-state index in [2.05, 4.69) is 15.1 Å². The molecule has 7 heteroatoms. The number of rotatable bonds is 3. The third kappa shape index (κ3) is 3.21. The molecule has 3 N–H and O–H groups in total. The van der Waals surface area contributed by atoms with Crippen molar-refractivity contribution >= 4 is 5.71 Å². The maximum Gasteiger partial charge on any atom is 0.326 e. The number of aromatic amines is 2. The lowest BCUT2D eigenvalue weighted by Crippen LogP contribution is -2.31. The second kappa shape index (κ2) is 6.32. The number of hydrogen-bond acceptors (Lipinski definition) is 5. The Morgan fingerprint density at radius 3 is 2.52 bits per heavy atom. The predicted molar refractivity (Wildman–Crippen MR) is 85.1 cm³/mol. The van der Waals surface area contributed by atoms with Crippen molar-refractivity contribution in [2.75, 3.05) is 0 Å². The van der Waals surface area contributed by atoms with Crippen LogP contribution in [0.2, 0.25) is 0 Å². The van der Waals surface area contributed by atoms with E-state index < -0.39 is 11.2 Å². The fourth-order valence-electron chi connectivity index (χ4n) is 2.47. The molecule has 0 fully saturated rings. The van der Waals surface area contributed by atoms with Gasteiger partial charge in [0.2, 0.25) is 0 Å². The second-order valence-corrected chi connectivity index (χ2v) is 5.50. The molecular weight excluding hydrogens is 296 g/mol. The average molecular weight is 312 g/mol. The summed E-state index contributed by atoms with van der Waals surface area (Å²) >= 11 is 0. The zero-order valence-corrected chi connectivity index (χ0v) is 13.0. The van der Waals surface area contributed by atoms with Crippen molar-refractivity contribution in [3.63, 3.8) is 0 Å². The molecule has 0 unspecified atom stereocenters. The van der Waals surface area contributed by atoms with Gasteiger partial charge in [-0.1, -0.05) is 19.0 Å². The molecule has 23 heavy (non-hydrogen) atoms. The lowest BCUT2D eigenvalue weighted by molar-refractivity contribution is 0.319. The van der Waals surface area contributed by atoms with Crippen LogP contribution in [-0.2, 0) is 0 Å². The van der Waals surface area contributed by atoms with Crippen molar-refractivity contribution in [3.8, 4) is 6.07 Å². The summed E-state index contributed by atoms with van der Waals surface area (Å²) in [6, 6.07) is 6.95. The number of aryl methyl sites for hydroxylation is 1. The molecule has 1 aromatic carbocycles. The first-order valence-electron chi connectivity index (χ1n) is 6.98. The third-order valence-electron chi connectivity index (χ3n) is 3.37. The first-order chi connectivity index (χ1) is 10.9. The van der Waals surface area contributed by atoms with E-state index >= 15 is 0 Å². The lowest BCUT2D eigenvalue weighted by atomic mass is 9.95. The number of nitrogens with zero attached hydrogens (tertiary/aromatic N) is 2. The SMILES string of the molecule is Cc1cc(C#N)cc(/C(=N/O)c2[nH]c(=O)[nH]c(=O)c2C(C)C)c1. The molecule has 1 heterocycles. The van der Waals surface area contributed by atoms with Crippen molar-refractivity contribution in [3.05, 3.63) is 67.0 Å². The van der Waals surface area contributed by atoms with Crippen LogP contribution in [0.5, 0.6) is 0 Å². The van der Waals surface area contributed by atoms with Gasteiger partial charge in [0.05, 0.1) is 17.3 Å². The van der Waals surface area contributed by atoms with Crippen LogP contribution in [-0.4, -0.2) is 20.9 Å². The Kier molecular flexibility index (Phi) is 4.46. The molecule has 7 nitrogen and oxygen atoms in total. The maximum atomic E-state index is 12.1. The molecular formula is C16H16N4O3. The Morgan fingerprint density at radius 2 is 1.96 bits per heavy atom. The fraction of sp³-hybridized carbons (Fsp3) is 0.250. The van der Waals surface area contributed by atoms with Gasteiger partial charge in [0.1, 0.15) is 5.71 Å². The minimum absolute atomic E-state index is 0.0390. The summed E-state index contributed by atoms with van der Waals surface area (Å²) in [7, 11) is 0. The van der Waals surface area contributed by atoms with Crippen molar-refractivity contribution < 1.29 is 5.21 Å². The molecule has 0 amide bonds. The van der Waals surface area contributed by atoms with E-state index in [-0.39, 0.29) is 17.3 Å². The molecule has 1 aromatic heterocycles. The van der Waals surface area contributed by atoms with Crippen molar-refractivity contribution in [1.29, 1.82) is 5.26 Å². The average Bonchev–Trinajstić information content (AvgIpc) is 2.46. The Bertz CT molecular complexity index is 930. The monoisotopic (exact) mass is 312 g/mol. The first-order valence-corrected chi connectivity index (χ1v) is 6.98. The van der Waals surface area contributed by atoms with Gasteiger partial charge >= 0.3 is 5.69 Å². The van der Waals surface area contributed by atoms with E-state index in [1.807, 2.05) is 6.07 Å². The number of nitriles is 1. The van der Waals surface area contributed by atoms with Gasteiger partial charge in [0.25, 0.3) is 5.56 Å². The van der Waals surface area contributed by atoms with Crippen LogP contribution in [0.3, 0.4) is 0 Å². The third-order valence-corrected chi connectivity index (χ3v) is 3.37. The summed E-state index contributed by atoms with van der Waals surface area (Å²) in [5, 5.41) is 21.8. The summed E-state index contributed by atoms with van der Waals surface area (Å²) in [4.78, 5) is 28.4. The first kappa shape index (κ1) is 16.2. The molecule has 0 spiro atoms. The van der Waals surface area contributed by atoms with E-state index in [1.54, 1.807) is 32.9 Å². The van der Waals surface area contributed by atoms with Gasteiger partial charge in [-0.2, -0.15) is 5.26 Å². The van der Waals surface area contributed by atoms with E-state index in [9.17, 15) is 14.8 Å². The van der Waals surface area contributed by atoms with E-state index in [1.165, 1.54) is 6.07 Å². The van der Waals surface area contributed by atoms with Gasteiger partial charge in [-0.3, -0.25) is 9.78 Å².